The average Bonchev–Trinajstić information content (AvgIpc) is 3.23. The molecule has 0 aliphatic carbocycles. The summed E-state index contributed by atoms with van der Waals surface area (Å²) < 4.78 is 7.71. The van der Waals surface area contributed by atoms with Crippen LogP contribution in [-0.2, 0) is 4.74 Å². The number of hydrogen-bond donors (Lipinski definition) is 0. The van der Waals surface area contributed by atoms with Crippen molar-refractivity contribution >= 4 is 17.0 Å². The molecule has 0 N–H and O–H groups in total. The predicted molar refractivity (Wildman–Crippen MR) is 139 cm³/mol. The summed E-state index contributed by atoms with van der Waals surface area (Å²) in [6.07, 6.45) is 5.31. The van der Waals surface area contributed by atoms with Crippen molar-refractivity contribution in [3.63, 3.8) is 0 Å². The molecule has 0 radical (unpaired) electrons. The third-order valence-corrected chi connectivity index (χ3v) is 6.41. The van der Waals surface area contributed by atoms with Gasteiger partial charge in [0.1, 0.15) is 11.3 Å². The molecule has 2 aromatic carbocycles. The van der Waals surface area contributed by atoms with Crippen molar-refractivity contribution in [2.45, 2.75) is 52.2 Å². The Labute approximate surface area is 206 Å². The van der Waals surface area contributed by atoms with Crippen LogP contribution >= 0.6 is 0 Å². The molecule has 1 fully saturated rings. The fraction of sp³-hybridized carbons (Fsp3) is 0.345. The molecule has 180 valence electrons. The van der Waals surface area contributed by atoms with Crippen molar-refractivity contribution in [3.05, 3.63) is 72.6 Å². The largest absolute Gasteiger partial charge is 0.444 e. The minimum atomic E-state index is -0.508. The van der Waals surface area contributed by atoms with Crippen molar-refractivity contribution < 1.29 is 9.53 Å². The second kappa shape index (κ2) is 9.17. The number of piperidine rings is 1. The number of amides is 1. The highest BCUT2D eigenvalue weighted by atomic mass is 16.6. The number of aromatic nitrogens is 3. The van der Waals surface area contributed by atoms with Gasteiger partial charge in [-0.25, -0.2) is 4.79 Å². The molecule has 1 atom stereocenters. The van der Waals surface area contributed by atoms with E-state index < -0.39 is 5.60 Å². The molecule has 1 saturated heterocycles. The van der Waals surface area contributed by atoms with Crippen LogP contribution in [0.4, 0.5) is 4.79 Å². The van der Waals surface area contributed by atoms with Crippen LogP contribution in [0.15, 0.2) is 67.0 Å². The highest BCUT2D eigenvalue weighted by molar-refractivity contribution is 5.93. The van der Waals surface area contributed by atoms with Crippen LogP contribution in [0.1, 0.15) is 45.2 Å². The van der Waals surface area contributed by atoms with Crippen molar-refractivity contribution in [2.75, 3.05) is 13.1 Å². The number of carbonyl (C=O) groups is 1. The van der Waals surface area contributed by atoms with E-state index in [0.29, 0.717) is 13.1 Å². The maximum atomic E-state index is 12.7. The molecule has 3 heterocycles. The summed E-state index contributed by atoms with van der Waals surface area (Å²) in [6, 6.07) is 19.2. The minimum Gasteiger partial charge on any atom is -0.444 e. The van der Waals surface area contributed by atoms with Gasteiger partial charge in [0.25, 0.3) is 0 Å². The summed E-state index contributed by atoms with van der Waals surface area (Å²) in [5, 5.41) is 6.08. The van der Waals surface area contributed by atoms with Gasteiger partial charge < -0.3 is 9.64 Å². The fourth-order valence-electron chi connectivity index (χ4n) is 4.77. The lowest BCUT2D eigenvalue weighted by Crippen LogP contribution is -2.43. The molecule has 2 aromatic heterocycles. The van der Waals surface area contributed by atoms with Crippen molar-refractivity contribution in [2.24, 2.45) is 0 Å². The monoisotopic (exact) mass is 468 g/mol. The molecule has 0 unspecified atom stereocenters. The lowest BCUT2D eigenvalue weighted by molar-refractivity contribution is 0.0169. The first-order valence-corrected chi connectivity index (χ1v) is 12.3. The molecule has 35 heavy (non-hydrogen) atoms. The minimum absolute atomic E-state index is 0.0847. The molecular weight excluding hydrogens is 436 g/mol. The maximum Gasteiger partial charge on any atom is 0.410 e. The van der Waals surface area contributed by atoms with Crippen LogP contribution in [0.3, 0.4) is 0 Å². The van der Waals surface area contributed by atoms with Crippen molar-refractivity contribution in [1.29, 1.82) is 0 Å². The summed E-state index contributed by atoms with van der Waals surface area (Å²) in [5.74, 6) is 0. The predicted octanol–water partition coefficient (Wildman–Crippen LogP) is 6.65. The molecule has 0 saturated carbocycles. The van der Waals surface area contributed by atoms with E-state index in [-0.39, 0.29) is 12.1 Å². The first kappa shape index (κ1) is 23.1. The Hall–Kier alpha value is -3.67. The topological polar surface area (TPSA) is 60.2 Å². The molecule has 5 rings (SSSR count). The van der Waals surface area contributed by atoms with Crippen LogP contribution in [0.25, 0.3) is 33.3 Å². The van der Waals surface area contributed by atoms with Gasteiger partial charge in [-0.1, -0.05) is 54.1 Å². The first-order chi connectivity index (χ1) is 16.8. The second-order valence-corrected chi connectivity index (χ2v) is 10.4. The summed E-state index contributed by atoms with van der Waals surface area (Å²) in [5.41, 5.74) is 6.13. The van der Waals surface area contributed by atoms with Gasteiger partial charge in [0, 0.05) is 36.4 Å². The lowest BCUT2D eigenvalue weighted by atomic mass is 10.0. The van der Waals surface area contributed by atoms with Crippen LogP contribution in [0, 0.1) is 6.92 Å². The van der Waals surface area contributed by atoms with E-state index in [1.54, 1.807) is 6.20 Å². The molecular formula is C29H32N4O2. The number of pyridine rings is 1. The number of benzene rings is 2. The number of hydrogen-bond acceptors (Lipinski definition) is 4. The van der Waals surface area contributed by atoms with Crippen molar-refractivity contribution in [1.82, 2.24) is 19.7 Å². The highest BCUT2D eigenvalue weighted by Gasteiger charge is 2.30. The van der Waals surface area contributed by atoms with Gasteiger partial charge >= 0.3 is 6.09 Å². The molecule has 1 aliphatic heterocycles. The Morgan fingerprint density at radius 1 is 1.03 bits per heavy atom. The average molecular weight is 469 g/mol. The number of nitrogens with zero attached hydrogens (tertiary/aromatic N) is 4. The van der Waals surface area contributed by atoms with Gasteiger partial charge in [-0.2, -0.15) is 5.10 Å². The number of carbonyl (C=O) groups excluding carboxylic acids is 1. The Bertz CT molecular complexity index is 1350. The molecule has 0 bridgehead atoms. The van der Waals surface area contributed by atoms with Gasteiger partial charge in [0.2, 0.25) is 0 Å². The Balaban J connectivity index is 1.46. The highest BCUT2D eigenvalue weighted by Crippen LogP contribution is 2.33. The van der Waals surface area contributed by atoms with Gasteiger partial charge in [0.15, 0.2) is 0 Å². The van der Waals surface area contributed by atoms with Crippen LogP contribution in [-0.4, -0.2) is 44.4 Å². The van der Waals surface area contributed by atoms with E-state index in [4.69, 9.17) is 9.84 Å². The zero-order chi connectivity index (χ0) is 24.6. The summed E-state index contributed by atoms with van der Waals surface area (Å²) in [7, 11) is 0. The number of aryl methyl sites for hydroxylation is 1. The summed E-state index contributed by atoms with van der Waals surface area (Å²) >= 11 is 0. The summed E-state index contributed by atoms with van der Waals surface area (Å²) in [6.45, 7) is 9.10. The Kier molecular flexibility index (Phi) is 6.05. The fourth-order valence-corrected chi connectivity index (χ4v) is 4.77. The number of rotatable bonds is 3. The van der Waals surface area contributed by atoms with Crippen LogP contribution in [0.2, 0.25) is 0 Å². The third kappa shape index (κ3) is 4.92. The molecule has 4 aromatic rings. The number of ether oxygens (including phenoxy) is 1. The van der Waals surface area contributed by atoms with Gasteiger partial charge in [-0.3, -0.25) is 9.67 Å². The third-order valence-electron chi connectivity index (χ3n) is 6.41. The lowest BCUT2D eigenvalue weighted by Gasteiger charge is -2.34. The number of fused-ring (bicyclic) bond motifs is 1. The molecule has 6 nitrogen and oxygen atoms in total. The first-order valence-electron chi connectivity index (χ1n) is 12.3. The summed E-state index contributed by atoms with van der Waals surface area (Å²) in [4.78, 5) is 18.9. The van der Waals surface area contributed by atoms with Gasteiger partial charge in [-0.15, -0.1) is 0 Å². The SMILES string of the molecule is Cc1cccc(-c2ccc(-c3nn([C@@H]4CCCN(C(=O)OC(C)(C)C)C4)c4ccncc34)cc2)c1. The maximum absolute atomic E-state index is 12.7. The molecule has 1 amide bonds. The standard InChI is InChI=1S/C29H32N4O2/c1-20-7-5-8-23(17-20)21-10-12-22(13-11-21)27-25-18-30-15-14-26(25)33(31-27)24-9-6-16-32(19-24)28(34)35-29(2,3)4/h5,7-8,10-15,17-18,24H,6,9,16,19H2,1-4H3/t24-/m1/s1. The molecule has 0 spiro atoms. The van der Waals surface area contributed by atoms with E-state index in [9.17, 15) is 4.79 Å². The Morgan fingerprint density at radius 3 is 2.54 bits per heavy atom. The van der Waals surface area contributed by atoms with E-state index >= 15 is 0 Å². The zero-order valence-electron chi connectivity index (χ0n) is 20.9. The van der Waals surface area contributed by atoms with Crippen LogP contribution < -0.4 is 0 Å². The van der Waals surface area contributed by atoms with Gasteiger partial charge in [0.05, 0.1) is 11.6 Å². The van der Waals surface area contributed by atoms with E-state index in [0.717, 1.165) is 35.0 Å². The quantitative estimate of drug-likeness (QED) is 0.338. The van der Waals surface area contributed by atoms with Crippen molar-refractivity contribution in [3.8, 4) is 22.4 Å². The van der Waals surface area contributed by atoms with E-state index in [1.165, 1.54) is 16.7 Å². The molecule has 6 heteroatoms. The number of likely N-dealkylation sites (tertiary alicyclic amines) is 1. The second-order valence-electron chi connectivity index (χ2n) is 10.4. The normalized spacial score (nSPS) is 16.5. The molecule has 1 aliphatic rings. The van der Waals surface area contributed by atoms with Gasteiger partial charge in [-0.05, 0) is 57.7 Å². The van der Waals surface area contributed by atoms with E-state index in [1.807, 2.05) is 37.9 Å². The zero-order valence-corrected chi connectivity index (χ0v) is 20.9. The van der Waals surface area contributed by atoms with E-state index in [2.05, 4.69) is 65.1 Å². The smallest absolute Gasteiger partial charge is 0.410 e. The van der Waals surface area contributed by atoms with Crippen LogP contribution in [0.5, 0.6) is 0 Å². The Morgan fingerprint density at radius 2 is 1.80 bits per heavy atom.